The van der Waals surface area contributed by atoms with Crippen LogP contribution in [0.2, 0.25) is 0 Å². The van der Waals surface area contributed by atoms with Gasteiger partial charge < -0.3 is 9.47 Å². The minimum atomic E-state index is -0.188. The monoisotopic (exact) mass is 412 g/mol. The summed E-state index contributed by atoms with van der Waals surface area (Å²) in [5.41, 5.74) is 3.55. The van der Waals surface area contributed by atoms with Crippen LogP contribution in [0, 0.1) is 5.92 Å². The summed E-state index contributed by atoms with van der Waals surface area (Å²) in [4.78, 5) is 12.4. The zero-order valence-electron chi connectivity index (χ0n) is 19.3. The molecule has 3 nitrogen and oxygen atoms in total. The Morgan fingerprint density at radius 3 is 2.43 bits per heavy atom. The van der Waals surface area contributed by atoms with Crippen LogP contribution in [0.3, 0.4) is 0 Å². The Labute approximate surface area is 183 Å². The molecule has 3 heteroatoms. The third-order valence-corrected chi connectivity index (χ3v) is 5.93. The maximum Gasteiger partial charge on any atom is 0.331 e. The average Bonchev–Trinajstić information content (AvgIpc) is 2.78. The van der Waals surface area contributed by atoms with E-state index in [0.717, 1.165) is 37.0 Å². The number of methoxy groups -OCH3 is 1. The number of hydrogen-bond acceptors (Lipinski definition) is 3. The highest BCUT2D eigenvalue weighted by molar-refractivity contribution is 5.84. The van der Waals surface area contributed by atoms with E-state index < -0.39 is 0 Å². The minimum absolute atomic E-state index is 0.188. The maximum absolute atomic E-state index is 12.4. The first-order valence-corrected chi connectivity index (χ1v) is 11.9. The molecule has 0 saturated heterocycles. The van der Waals surface area contributed by atoms with Gasteiger partial charge in [0.2, 0.25) is 0 Å². The zero-order valence-corrected chi connectivity index (χ0v) is 19.3. The SMILES string of the molecule is CCCCCCC(CCCC)COC(=O)C=C1C=C(c2ccc(OC)cc2)CCC1. The van der Waals surface area contributed by atoms with E-state index in [1.54, 1.807) is 13.2 Å². The number of benzene rings is 1. The lowest BCUT2D eigenvalue weighted by Gasteiger charge is -2.17. The van der Waals surface area contributed by atoms with E-state index in [9.17, 15) is 4.79 Å². The molecule has 1 aliphatic rings. The molecule has 0 aromatic heterocycles. The molecule has 1 atom stereocenters. The van der Waals surface area contributed by atoms with E-state index in [0.29, 0.717) is 12.5 Å². The molecule has 0 spiro atoms. The van der Waals surface area contributed by atoms with Gasteiger partial charge in [-0.1, -0.05) is 70.6 Å². The number of rotatable bonds is 13. The fourth-order valence-corrected chi connectivity index (χ4v) is 4.05. The molecular formula is C27H40O3. The molecule has 1 aromatic carbocycles. The van der Waals surface area contributed by atoms with E-state index >= 15 is 0 Å². The van der Waals surface area contributed by atoms with Crippen LogP contribution >= 0.6 is 0 Å². The number of carbonyl (C=O) groups excluding carboxylic acids is 1. The first kappa shape index (κ1) is 24.2. The van der Waals surface area contributed by atoms with Gasteiger partial charge in [-0.3, -0.25) is 0 Å². The van der Waals surface area contributed by atoms with Crippen LogP contribution in [0.5, 0.6) is 5.75 Å². The molecule has 0 amide bonds. The summed E-state index contributed by atoms with van der Waals surface area (Å²) in [5.74, 6) is 1.18. The summed E-state index contributed by atoms with van der Waals surface area (Å²) in [6.07, 6.45) is 16.7. The van der Waals surface area contributed by atoms with E-state index in [2.05, 4.69) is 32.1 Å². The lowest BCUT2D eigenvalue weighted by atomic mass is 9.90. The molecule has 0 N–H and O–H groups in total. The molecule has 2 rings (SSSR count). The summed E-state index contributed by atoms with van der Waals surface area (Å²) in [7, 11) is 1.68. The van der Waals surface area contributed by atoms with Crippen LogP contribution in [0.1, 0.15) is 90.0 Å². The molecule has 0 heterocycles. The molecule has 0 bridgehead atoms. The highest BCUT2D eigenvalue weighted by Crippen LogP contribution is 2.30. The number of hydrogen-bond donors (Lipinski definition) is 0. The highest BCUT2D eigenvalue weighted by atomic mass is 16.5. The summed E-state index contributed by atoms with van der Waals surface area (Å²) in [6.45, 7) is 5.02. The quantitative estimate of drug-likeness (QED) is 0.191. The van der Waals surface area contributed by atoms with E-state index in [1.807, 2.05) is 12.1 Å². The number of unbranched alkanes of at least 4 members (excludes halogenated alkanes) is 4. The first-order valence-electron chi connectivity index (χ1n) is 11.9. The Balaban J connectivity index is 1.91. The Morgan fingerprint density at radius 2 is 1.73 bits per heavy atom. The third kappa shape index (κ3) is 8.77. The van der Waals surface area contributed by atoms with Crippen molar-refractivity contribution in [1.82, 2.24) is 0 Å². The minimum Gasteiger partial charge on any atom is -0.497 e. The van der Waals surface area contributed by atoms with Gasteiger partial charge in [0.15, 0.2) is 0 Å². The summed E-state index contributed by atoms with van der Waals surface area (Å²) < 4.78 is 10.9. The lowest BCUT2D eigenvalue weighted by Crippen LogP contribution is -2.14. The Kier molecular flexibility index (Phi) is 11.4. The molecule has 1 aromatic rings. The molecule has 166 valence electrons. The summed E-state index contributed by atoms with van der Waals surface area (Å²) in [5, 5.41) is 0. The second-order valence-electron chi connectivity index (χ2n) is 8.46. The van der Waals surface area contributed by atoms with Gasteiger partial charge in [0, 0.05) is 6.08 Å². The number of esters is 1. The van der Waals surface area contributed by atoms with Crippen molar-refractivity contribution in [3.05, 3.63) is 47.6 Å². The molecule has 0 aliphatic heterocycles. The molecule has 0 fully saturated rings. The second-order valence-corrected chi connectivity index (χ2v) is 8.46. The smallest absolute Gasteiger partial charge is 0.331 e. The molecular weight excluding hydrogens is 372 g/mol. The van der Waals surface area contributed by atoms with Gasteiger partial charge >= 0.3 is 5.97 Å². The topological polar surface area (TPSA) is 35.5 Å². The maximum atomic E-state index is 12.4. The second kappa shape index (κ2) is 14.1. The van der Waals surface area contributed by atoms with Gasteiger partial charge in [0.25, 0.3) is 0 Å². The standard InChI is InChI=1S/C27H40O3/c1-4-6-8-9-12-22(11-7-5-2)21-30-27(28)20-23-13-10-14-25(19-23)24-15-17-26(29-3)18-16-24/h15-20,22H,4-14,21H2,1-3H3. The van der Waals surface area contributed by atoms with Crippen LogP contribution in [-0.2, 0) is 9.53 Å². The van der Waals surface area contributed by atoms with Crippen LogP contribution in [0.25, 0.3) is 5.57 Å². The largest absolute Gasteiger partial charge is 0.497 e. The summed E-state index contributed by atoms with van der Waals surface area (Å²) in [6, 6.07) is 8.14. The van der Waals surface area contributed by atoms with Gasteiger partial charge in [-0.05, 0) is 66.9 Å². The fraction of sp³-hybridized carbons (Fsp3) is 0.593. The van der Waals surface area contributed by atoms with Gasteiger partial charge in [-0.15, -0.1) is 0 Å². The first-order chi connectivity index (χ1) is 14.7. The molecule has 0 saturated carbocycles. The van der Waals surface area contributed by atoms with Crippen molar-refractivity contribution in [1.29, 1.82) is 0 Å². The normalized spacial score (nSPS) is 16.2. The van der Waals surface area contributed by atoms with Crippen molar-refractivity contribution in [2.24, 2.45) is 5.92 Å². The van der Waals surface area contributed by atoms with E-state index in [1.165, 1.54) is 56.1 Å². The van der Waals surface area contributed by atoms with E-state index in [-0.39, 0.29) is 5.97 Å². The van der Waals surface area contributed by atoms with Crippen molar-refractivity contribution in [3.63, 3.8) is 0 Å². The fourth-order valence-electron chi connectivity index (χ4n) is 4.05. The van der Waals surface area contributed by atoms with Gasteiger partial charge in [0.1, 0.15) is 5.75 Å². The van der Waals surface area contributed by atoms with Gasteiger partial charge in [0.05, 0.1) is 13.7 Å². The number of ether oxygens (including phenoxy) is 2. The molecule has 30 heavy (non-hydrogen) atoms. The van der Waals surface area contributed by atoms with E-state index in [4.69, 9.17) is 9.47 Å². The van der Waals surface area contributed by atoms with Crippen molar-refractivity contribution < 1.29 is 14.3 Å². The number of carbonyl (C=O) groups is 1. The number of allylic oxidation sites excluding steroid dienone is 3. The zero-order chi connectivity index (χ0) is 21.6. The van der Waals surface area contributed by atoms with Crippen LogP contribution in [0.4, 0.5) is 0 Å². The predicted molar refractivity (Wildman–Crippen MR) is 126 cm³/mol. The van der Waals surface area contributed by atoms with Gasteiger partial charge in [-0.25, -0.2) is 4.79 Å². The molecule has 1 aliphatic carbocycles. The highest BCUT2D eigenvalue weighted by Gasteiger charge is 2.14. The molecule has 0 radical (unpaired) electrons. The third-order valence-electron chi connectivity index (χ3n) is 5.93. The van der Waals surface area contributed by atoms with Crippen molar-refractivity contribution in [2.75, 3.05) is 13.7 Å². The predicted octanol–water partition coefficient (Wildman–Crippen LogP) is 7.51. The lowest BCUT2D eigenvalue weighted by molar-refractivity contribution is -0.139. The van der Waals surface area contributed by atoms with Crippen LogP contribution in [-0.4, -0.2) is 19.7 Å². The Bertz CT molecular complexity index is 685. The molecule has 1 unspecified atom stereocenters. The van der Waals surface area contributed by atoms with Crippen molar-refractivity contribution in [3.8, 4) is 5.75 Å². The average molecular weight is 413 g/mol. The van der Waals surface area contributed by atoms with Gasteiger partial charge in [-0.2, -0.15) is 0 Å². The van der Waals surface area contributed by atoms with Crippen LogP contribution in [0.15, 0.2) is 42.0 Å². The Hall–Kier alpha value is -2.03. The summed E-state index contributed by atoms with van der Waals surface area (Å²) >= 11 is 0. The Morgan fingerprint density at radius 1 is 1.00 bits per heavy atom. The van der Waals surface area contributed by atoms with Crippen molar-refractivity contribution in [2.45, 2.75) is 84.5 Å². The van der Waals surface area contributed by atoms with Crippen LogP contribution < -0.4 is 4.74 Å². The van der Waals surface area contributed by atoms with Crippen molar-refractivity contribution >= 4 is 11.5 Å².